The van der Waals surface area contributed by atoms with Gasteiger partial charge in [0.1, 0.15) is 0 Å². The topological polar surface area (TPSA) is 131 Å². The molecule has 43 heavy (non-hydrogen) atoms. The Morgan fingerprint density at radius 2 is 1.05 bits per heavy atom. The monoisotopic (exact) mass is 745 g/mol. The summed E-state index contributed by atoms with van der Waals surface area (Å²) in [6, 6.07) is 30.4. The summed E-state index contributed by atoms with van der Waals surface area (Å²) in [5.74, 6) is 0. The number of methoxy groups -OCH3 is 1. The Morgan fingerprint density at radius 3 is 1.42 bits per heavy atom. The number of nitrogens with zero attached hydrogens (tertiary/aromatic N) is 1. The van der Waals surface area contributed by atoms with Crippen molar-refractivity contribution in [3.05, 3.63) is 140 Å². The molecule has 0 saturated heterocycles. The van der Waals surface area contributed by atoms with Crippen LogP contribution >= 0.6 is 0 Å². The van der Waals surface area contributed by atoms with E-state index in [0.29, 0.717) is 6.54 Å². The van der Waals surface area contributed by atoms with Gasteiger partial charge in [0.2, 0.25) is 0 Å². The van der Waals surface area contributed by atoms with Gasteiger partial charge in [-0.2, -0.15) is 0 Å². The Hall–Kier alpha value is -4.17. The Labute approximate surface area is 262 Å². The van der Waals surface area contributed by atoms with Crippen LogP contribution in [0.25, 0.3) is 33.5 Å². The number of pyridine rings is 1. The van der Waals surface area contributed by atoms with Gasteiger partial charge in [-0.3, -0.25) is 0 Å². The van der Waals surface area contributed by atoms with Crippen LogP contribution in [0.1, 0.15) is 25.3 Å². The molecule has 1 heterocycles. The van der Waals surface area contributed by atoms with Crippen molar-refractivity contribution in [2.75, 3.05) is 7.11 Å². The fraction of sp³-hybridized carbons (Fsp3) is 0.147. The van der Waals surface area contributed by atoms with E-state index >= 15 is 0 Å². The van der Waals surface area contributed by atoms with Crippen LogP contribution in [0, 0.1) is 33.3 Å². The van der Waals surface area contributed by atoms with Crippen molar-refractivity contribution in [1.82, 2.24) is 4.57 Å². The van der Waals surface area contributed by atoms with Crippen molar-refractivity contribution in [1.29, 1.82) is 0 Å². The van der Waals surface area contributed by atoms with Crippen molar-refractivity contribution in [3.8, 4) is 33.5 Å². The third-order valence-corrected chi connectivity index (χ3v) is 7.09. The van der Waals surface area contributed by atoms with E-state index in [1.54, 1.807) is 7.11 Å². The Kier molecular flexibility index (Phi) is 24.3. The zero-order valence-electron chi connectivity index (χ0n) is 23.5. The van der Waals surface area contributed by atoms with Crippen LogP contribution in [0.3, 0.4) is 0 Å². The Morgan fingerprint density at radius 1 is 0.674 bits per heavy atom. The molecule has 0 bridgehead atoms. The minimum atomic E-state index is 0.0370. The van der Waals surface area contributed by atoms with Gasteiger partial charge in [0, 0.05) is 0 Å². The second-order valence-corrected chi connectivity index (χ2v) is 9.21. The molecule has 0 unspecified atom stereocenters. The first-order chi connectivity index (χ1) is 21.2. The molecular weight excluding hydrogens is 718 g/mol. The van der Waals surface area contributed by atoms with E-state index in [2.05, 4.69) is 64.4 Å². The van der Waals surface area contributed by atoms with Gasteiger partial charge in [0.05, 0.1) is 0 Å². The van der Waals surface area contributed by atoms with Crippen LogP contribution in [0.5, 0.6) is 0 Å². The van der Waals surface area contributed by atoms with Crippen molar-refractivity contribution in [2.24, 2.45) is 0 Å². The Bertz CT molecular complexity index is 1500. The van der Waals surface area contributed by atoms with Gasteiger partial charge in [-0.05, 0) is 0 Å². The van der Waals surface area contributed by atoms with Gasteiger partial charge in [0.25, 0.3) is 0 Å². The number of ether oxygens (including phenoxy) is 1. The van der Waals surface area contributed by atoms with Gasteiger partial charge in [-0.15, -0.1) is 0 Å². The number of benzene rings is 3. The van der Waals surface area contributed by atoms with Gasteiger partial charge in [-0.1, -0.05) is 0 Å². The summed E-state index contributed by atoms with van der Waals surface area (Å²) in [4.78, 5) is 14.2. The first kappa shape index (κ1) is 41.0. The van der Waals surface area contributed by atoms with Crippen molar-refractivity contribution in [3.63, 3.8) is 0 Å². The molecule has 216 valence electrons. The van der Waals surface area contributed by atoms with E-state index in [4.69, 9.17) is 28.0 Å². The number of unbranched alkanes of at least 4 members (excludes halogenated alkanes) is 1. The average molecular weight is 745 g/mol. The fourth-order valence-corrected chi connectivity index (χ4v) is 4.93. The molecule has 0 spiro atoms. The number of aromatic nitrogens is 1. The van der Waals surface area contributed by atoms with E-state index in [1.807, 2.05) is 71.3 Å². The van der Waals surface area contributed by atoms with Crippen LogP contribution < -0.4 is 5.56 Å². The van der Waals surface area contributed by atoms with Crippen molar-refractivity contribution < 1.29 is 47.4 Å². The third-order valence-electron chi connectivity index (χ3n) is 5.76. The molecule has 0 atom stereocenters. The molecule has 0 radical (unpaired) electrons. The molecule has 8 nitrogen and oxygen atoms in total. The van der Waals surface area contributed by atoms with Crippen LogP contribution in [-0.4, -0.2) is 15.8 Å². The van der Waals surface area contributed by atoms with Crippen LogP contribution in [0.15, 0.2) is 95.8 Å². The van der Waals surface area contributed by atoms with Gasteiger partial charge >= 0.3 is 263 Å². The predicted octanol–water partition coefficient (Wildman–Crippen LogP) is 6.13. The summed E-state index contributed by atoms with van der Waals surface area (Å²) >= 11 is 1.22. The van der Waals surface area contributed by atoms with Crippen molar-refractivity contribution >= 4 is 4.08 Å². The summed E-state index contributed by atoms with van der Waals surface area (Å²) in [7, 11) is 1.72. The molecule has 0 amide bonds. The molecule has 0 aliphatic carbocycles. The maximum atomic E-state index is 14.2. The maximum absolute atomic E-state index is 14.2. The molecule has 4 rings (SSSR count). The standard InChI is InChI=1S/C29H27NO2.5CO.W/c1-3-4-20-30-28(24-18-12-7-13-19-24)25(21-32-2)26(22-14-8-5-9-15-22)27(29(30)31)23-16-10-6-11-17-23;5*1-2;/h5-19H,3-4,20H2,1-2H3;;;;;;. The molecule has 0 aliphatic heterocycles. The molecular formula is C34H27NO7W. The van der Waals surface area contributed by atoms with Gasteiger partial charge in [-0.25, -0.2) is 0 Å². The first-order valence-electron chi connectivity index (χ1n) is 12.2. The molecule has 0 aliphatic rings. The summed E-state index contributed by atoms with van der Waals surface area (Å²) < 4.78 is 46.2. The second-order valence-electron chi connectivity index (χ2n) is 7.87. The predicted molar refractivity (Wildman–Crippen MR) is 153 cm³/mol. The van der Waals surface area contributed by atoms with E-state index in [-0.39, 0.29) is 5.56 Å². The number of hydrogen-bond acceptors (Lipinski definition) is 2. The van der Waals surface area contributed by atoms with Crippen LogP contribution in [0.2, 0.25) is 0 Å². The second kappa shape index (κ2) is 25.5. The molecule has 0 saturated carbocycles. The van der Waals surface area contributed by atoms with E-state index in [9.17, 15) is 4.79 Å². The average Bonchev–Trinajstić information content (AvgIpc) is 3.12. The fourth-order valence-electron chi connectivity index (χ4n) is 4.21. The minimum absolute atomic E-state index is 0.0370. The quantitative estimate of drug-likeness (QED) is 0.159. The van der Waals surface area contributed by atoms with Crippen LogP contribution in [0.4, 0.5) is 0 Å². The zero-order chi connectivity index (χ0) is 33.2. The summed E-state index contributed by atoms with van der Waals surface area (Å²) in [6.45, 7) is 25.3. The van der Waals surface area contributed by atoms with Crippen LogP contribution in [-0.2, 0) is 53.9 Å². The van der Waals surface area contributed by atoms with E-state index < -0.39 is 0 Å². The molecule has 3 aromatic carbocycles. The molecule has 9 heteroatoms. The normalized spacial score (nSPS) is 8.56. The van der Waals surface area contributed by atoms with Crippen molar-refractivity contribution in [2.45, 2.75) is 26.3 Å². The van der Waals surface area contributed by atoms with E-state index in [0.717, 1.165) is 56.0 Å². The number of rotatable bonds is 8. The summed E-state index contributed by atoms with van der Waals surface area (Å²) in [6.07, 6.45) is 1.94. The third kappa shape index (κ3) is 11.2. The SMILES string of the molecule is CCCCn1c(-c2ccccc2)c([C](=[W])OC)c(-c2ccccc2)c(-c2ccccc2)c1=O.[C-]#[O+].[C-]#[O+].[C-]#[O+].[C-]#[O+].[C-]#[O+]. The summed E-state index contributed by atoms with van der Waals surface area (Å²) in [5.41, 5.74) is 6.58. The first-order valence-corrected chi connectivity index (χ1v) is 13.7. The molecule has 4 aromatic rings. The molecule has 0 fully saturated rings. The molecule has 1 aromatic heterocycles. The van der Waals surface area contributed by atoms with Gasteiger partial charge in [0.15, 0.2) is 0 Å². The molecule has 0 N–H and O–H groups in total. The zero-order valence-corrected chi connectivity index (χ0v) is 26.4. The van der Waals surface area contributed by atoms with Gasteiger partial charge < -0.3 is 0 Å². The van der Waals surface area contributed by atoms with E-state index in [1.165, 1.54) is 19.4 Å². The Balaban J connectivity index is 0. The summed E-state index contributed by atoms with van der Waals surface area (Å²) in [5, 5.41) is 0. The number of hydrogen-bond donors (Lipinski definition) is 0.